The highest BCUT2D eigenvalue weighted by Crippen LogP contribution is 2.50. The van der Waals surface area contributed by atoms with E-state index in [9.17, 15) is 0 Å². The van der Waals surface area contributed by atoms with E-state index >= 15 is 0 Å². The van der Waals surface area contributed by atoms with Gasteiger partial charge in [0.05, 0.1) is 0 Å². The van der Waals surface area contributed by atoms with E-state index in [1.807, 2.05) is 0 Å². The van der Waals surface area contributed by atoms with Gasteiger partial charge >= 0.3 is 0 Å². The summed E-state index contributed by atoms with van der Waals surface area (Å²) < 4.78 is 0. The molecule has 0 nitrogen and oxygen atoms in total. The second-order valence-corrected chi connectivity index (χ2v) is 14.8. The normalized spacial score (nSPS) is 11.6. The molecule has 0 bridgehead atoms. The predicted molar refractivity (Wildman–Crippen MR) is 238 cm³/mol. The molecule has 0 amide bonds. The SMILES string of the molecule is c1ccc(-c2ccc(-c3cccc(-c4c5ccccc5c(-c5ccc6c(c5)-c5ccccc5-c5ccccc5-c5ccccc5-6)c5ccccc45)c3)cc2)cc1. The lowest BCUT2D eigenvalue weighted by Crippen LogP contribution is -1.97. The van der Waals surface area contributed by atoms with Gasteiger partial charge in [-0.15, -0.1) is 0 Å². The van der Waals surface area contributed by atoms with Crippen molar-refractivity contribution >= 4 is 21.5 Å². The van der Waals surface area contributed by atoms with Crippen molar-refractivity contribution in [2.24, 2.45) is 0 Å². The molecule has 0 spiro atoms. The van der Waals surface area contributed by atoms with Gasteiger partial charge in [0.25, 0.3) is 0 Å². The molecule has 0 saturated carbocycles. The third-order valence-corrected chi connectivity index (χ3v) is 11.7. The van der Waals surface area contributed by atoms with E-state index in [0.717, 1.165) is 0 Å². The topological polar surface area (TPSA) is 0 Å². The second kappa shape index (κ2) is 13.2. The smallest absolute Gasteiger partial charge is 0.00261 e. The third-order valence-electron chi connectivity index (χ3n) is 11.7. The third kappa shape index (κ3) is 5.22. The first-order valence-electron chi connectivity index (χ1n) is 19.4. The Bertz CT molecular complexity index is 3050. The van der Waals surface area contributed by atoms with E-state index in [1.165, 1.54) is 111 Å². The minimum absolute atomic E-state index is 1.21. The minimum atomic E-state index is 1.21. The van der Waals surface area contributed by atoms with Gasteiger partial charge in [0.2, 0.25) is 0 Å². The Labute approximate surface area is 327 Å². The zero-order valence-electron chi connectivity index (χ0n) is 30.8. The van der Waals surface area contributed by atoms with Crippen molar-refractivity contribution in [3.05, 3.63) is 218 Å². The molecule has 0 radical (unpaired) electrons. The van der Waals surface area contributed by atoms with Gasteiger partial charge in [-0.1, -0.05) is 206 Å². The molecule has 0 heteroatoms. The molecule has 11 rings (SSSR count). The molecule has 0 heterocycles. The summed E-state index contributed by atoms with van der Waals surface area (Å²) in [5.41, 5.74) is 19.9. The maximum atomic E-state index is 2.45. The Morgan fingerprint density at radius 2 is 0.464 bits per heavy atom. The van der Waals surface area contributed by atoms with Crippen LogP contribution in [0.1, 0.15) is 0 Å². The van der Waals surface area contributed by atoms with Crippen LogP contribution >= 0.6 is 0 Å². The van der Waals surface area contributed by atoms with E-state index in [0.29, 0.717) is 0 Å². The van der Waals surface area contributed by atoms with Crippen molar-refractivity contribution in [2.75, 3.05) is 0 Å². The quantitative estimate of drug-likeness (QED) is 0.160. The Morgan fingerprint density at radius 1 is 0.161 bits per heavy atom. The molecule has 0 unspecified atom stereocenters. The van der Waals surface area contributed by atoms with Crippen LogP contribution in [0, 0.1) is 0 Å². The van der Waals surface area contributed by atoms with Gasteiger partial charge in [0, 0.05) is 0 Å². The fourth-order valence-corrected chi connectivity index (χ4v) is 9.11. The van der Waals surface area contributed by atoms with Gasteiger partial charge in [-0.25, -0.2) is 0 Å². The van der Waals surface area contributed by atoms with Gasteiger partial charge in [-0.3, -0.25) is 0 Å². The molecule has 260 valence electrons. The molecule has 0 aromatic heterocycles. The summed E-state index contributed by atoms with van der Waals surface area (Å²) in [5, 5.41) is 5.01. The molecular formula is C56H36. The van der Waals surface area contributed by atoms with Gasteiger partial charge in [0.1, 0.15) is 0 Å². The zero-order chi connectivity index (χ0) is 37.0. The standard InChI is InChI=1S/C56H36/c1-2-15-37(16-3-1)38-29-31-39(32-30-38)40-17-14-18-41(35-40)55-50-25-10-12-27-52(50)56(53-28-13-11-26-51(53)55)42-33-34-49-47-23-7-6-21-45(47)43-19-4-5-20-44(43)46-22-8-9-24-48(46)54(49)36-42/h1-36H. The number of rotatable bonds is 4. The molecule has 0 atom stereocenters. The van der Waals surface area contributed by atoms with E-state index in [-0.39, 0.29) is 0 Å². The predicted octanol–water partition coefficient (Wildman–Crippen LogP) is 15.6. The maximum absolute atomic E-state index is 2.45. The first-order valence-corrected chi connectivity index (χ1v) is 19.4. The molecule has 56 heavy (non-hydrogen) atoms. The van der Waals surface area contributed by atoms with Gasteiger partial charge in [-0.05, 0) is 123 Å². The summed E-state index contributed by atoms with van der Waals surface area (Å²) in [4.78, 5) is 0. The fourth-order valence-electron chi connectivity index (χ4n) is 9.11. The number of benzene rings is 10. The molecule has 10 aromatic rings. The molecule has 10 aromatic carbocycles. The average Bonchev–Trinajstić information content (AvgIpc) is 3.28. The van der Waals surface area contributed by atoms with Crippen molar-refractivity contribution in [3.8, 4) is 89.0 Å². The van der Waals surface area contributed by atoms with Gasteiger partial charge < -0.3 is 0 Å². The summed E-state index contributed by atoms with van der Waals surface area (Å²) in [7, 11) is 0. The van der Waals surface area contributed by atoms with E-state index in [2.05, 4.69) is 218 Å². The van der Waals surface area contributed by atoms with Crippen LogP contribution in [-0.4, -0.2) is 0 Å². The summed E-state index contributed by atoms with van der Waals surface area (Å²) in [6, 6.07) is 80.4. The lowest BCUT2D eigenvalue weighted by Gasteiger charge is -2.24. The number of fused-ring (bicyclic) bond motifs is 10. The van der Waals surface area contributed by atoms with Crippen LogP contribution < -0.4 is 0 Å². The van der Waals surface area contributed by atoms with Crippen LogP contribution in [0.5, 0.6) is 0 Å². The fraction of sp³-hybridized carbons (Fsp3) is 0. The second-order valence-electron chi connectivity index (χ2n) is 14.8. The highest BCUT2D eigenvalue weighted by molar-refractivity contribution is 6.22. The summed E-state index contributed by atoms with van der Waals surface area (Å²) in [6.07, 6.45) is 0. The van der Waals surface area contributed by atoms with Crippen molar-refractivity contribution < 1.29 is 0 Å². The number of hydrogen-bond donors (Lipinski definition) is 0. The van der Waals surface area contributed by atoms with Crippen molar-refractivity contribution in [1.82, 2.24) is 0 Å². The molecule has 0 aliphatic heterocycles. The summed E-state index contributed by atoms with van der Waals surface area (Å²) >= 11 is 0. The van der Waals surface area contributed by atoms with Crippen LogP contribution in [0.2, 0.25) is 0 Å². The molecular weight excluding hydrogens is 673 g/mol. The van der Waals surface area contributed by atoms with Gasteiger partial charge in [0.15, 0.2) is 0 Å². The zero-order valence-corrected chi connectivity index (χ0v) is 30.8. The Morgan fingerprint density at radius 3 is 0.946 bits per heavy atom. The minimum Gasteiger partial charge on any atom is -0.0622 e. The van der Waals surface area contributed by atoms with Gasteiger partial charge in [-0.2, -0.15) is 0 Å². The first kappa shape index (κ1) is 32.2. The van der Waals surface area contributed by atoms with Crippen molar-refractivity contribution in [3.63, 3.8) is 0 Å². The highest BCUT2D eigenvalue weighted by atomic mass is 14.3. The average molecular weight is 709 g/mol. The van der Waals surface area contributed by atoms with Crippen molar-refractivity contribution in [1.29, 1.82) is 0 Å². The van der Waals surface area contributed by atoms with Crippen LogP contribution in [0.4, 0.5) is 0 Å². The van der Waals surface area contributed by atoms with Crippen LogP contribution in [-0.2, 0) is 0 Å². The molecule has 1 aliphatic rings. The van der Waals surface area contributed by atoms with E-state index in [4.69, 9.17) is 0 Å². The first-order chi connectivity index (χ1) is 27.8. The lowest BCUT2D eigenvalue weighted by atomic mass is 9.79. The lowest BCUT2D eigenvalue weighted by molar-refractivity contribution is 1.52. The highest BCUT2D eigenvalue weighted by Gasteiger charge is 2.23. The monoisotopic (exact) mass is 708 g/mol. The van der Waals surface area contributed by atoms with Crippen molar-refractivity contribution in [2.45, 2.75) is 0 Å². The molecule has 0 saturated heterocycles. The summed E-state index contributed by atoms with van der Waals surface area (Å²) in [6.45, 7) is 0. The van der Waals surface area contributed by atoms with Crippen LogP contribution in [0.3, 0.4) is 0 Å². The van der Waals surface area contributed by atoms with Crippen LogP contribution in [0.15, 0.2) is 218 Å². The molecule has 0 fully saturated rings. The number of hydrogen-bond acceptors (Lipinski definition) is 0. The van der Waals surface area contributed by atoms with E-state index < -0.39 is 0 Å². The maximum Gasteiger partial charge on any atom is -0.00261 e. The Balaban J connectivity index is 1.11. The largest absolute Gasteiger partial charge is 0.0622 e. The summed E-state index contributed by atoms with van der Waals surface area (Å²) in [5.74, 6) is 0. The molecule has 0 N–H and O–H groups in total. The Hall–Kier alpha value is -7.28. The van der Waals surface area contributed by atoms with Crippen LogP contribution in [0.25, 0.3) is 111 Å². The molecule has 1 aliphatic carbocycles. The Kier molecular flexibility index (Phi) is 7.60. The van der Waals surface area contributed by atoms with E-state index in [1.54, 1.807) is 0 Å².